The zero-order chi connectivity index (χ0) is 13.0. The molecule has 1 saturated carbocycles. The van der Waals surface area contributed by atoms with Gasteiger partial charge in [0.15, 0.2) is 0 Å². The number of hydrogen-bond donors (Lipinski definition) is 1. The van der Waals surface area contributed by atoms with Crippen molar-refractivity contribution >= 4 is 0 Å². The van der Waals surface area contributed by atoms with E-state index in [0.29, 0.717) is 17.6 Å². The molecule has 0 bridgehead atoms. The van der Waals surface area contributed by atoms with Gasteiger partial charge >= 0.3 is 0 Å². The maximum Gasteiger partial charge on any atom is 0.0477 e. The van der Waals surface area contributed by atoms with Gasteiger partial charge in [-0.3, -0.25) is 4.90 Å². The lowest BCUT2D eigenvalue weighted by Crippen LogP contribution is -2.65. The third kappa shape index (κ3) is 3.25. The zero-order valence-electron chi connectivity index (χ0n) is 12.4. The Bertz CT molecular complexity index is 251. The second kappa shape index (κ2) is 6.36. The van der Waals surface area contributed by atoms with E-state index in [2.05, 4.69) is 24.1 Å². The predicted molar refractivity (Wildman–Crippen MR) is 75.9 cm³/mol. The molecule has 1 saturated heterocycles. The second-order valence-corrected chi connectivity index (χ2v) is 6.37. The number of methoxy groups -OCH3 is 1. The Hall–Kier alpha value is -0.120. The summed E-state index contributed by atoms with van der Waals surface area (Å²) in [5.74, 6) is 0. The Morgan fingerprint density at radius 1 is 1.33 bits per heavy atom. The molecular formula is C15H30N2O. The highest BCUT2D eigenvalue weighted by molar-refractivity contribution is 4.99. The molecule has 2 atom stereocenters. The minimum atomic E-state index is 0.423. The largest absolute Gasteiger partial charge is 0.385 e. The van der Waals surface area contributed by atoms with E-state index in [9.17, 15) is 0 Å². The van der Waals surface area contributed by atoms with Crippen LogP contribution in [-0.4, -0.2) is 49.3 Å². The van der Waals surface area contributed by atoms with E-state index >= 15 is 0 Å². The molecule has 0 amide bonds. The molecule has 1 aliphatic carbocycles. The van der Waals surface area contributed by atoms with Gasteiger partial charge in [0.1, 0.15) is 0 Å². The summed E-state index contributed by atoms with van der Waals surface area (Å²) in [7, 11) is 1.80. The van der Waals surface area contributed by atoms with E-state index < -0.39 is 0 Å². The SMILES string of the molecule is COCCC(C)N1CC2(CCCCC2)NCC1C. The topological polar surface area (TPSA) is 24.5 Å². The average Bonchev–Trinajstić information content (AvgIpc) is 2.40. The van der Waals surface area contributed by atoms with E-state index in [4.69, 9.17) is 4.74 Å². The van der Waals surface area contributed by atoms with Crippen LogP contribution in [0.4, 0.5) is 0 Å². The number of piperazine rings is 1. The van der Waals surface area contributed by atoms with Gasteiger partial charge in [-0.25, -0.2) is 0 Å². The van der Waals surface area contributed by atoms with Gasteiger partial charge in [-0.05, 0) is 33.1 Å². The first kappa shape index (κ1) is 14.3. The Kier molecular flexibility index (Phi) is 5.05. The van der Waals surface area contributed by atoms with Gasteiger partial charge in [0, 0.05) is 44.4 Å². The van der Waals surface area contributed by atoms with E-state index in [1.807, 2.05) is 0 Å². The Morgan fingerprint density at radius 2 is 2.06 bits per heavy atom. The molecule has 2 fully saturated rings. The molecule has 1 N–H and O–H groups in total. The highest BCUT2D eigenvalue weighted by Gasteiger charge is 2.39. The number of hydrogen-bond acceptors (Lipinski definition) is 3. The lowest BCUT2D eigenvalue weighted by Gasteiger charge is -2.51. The highest BCUT2D eigenvalue weighted by atomic mass is 16.5. The normalized spacial score (nSPS) is 30.5. The Morgan fingerprint density at radius 3 is 2.72 bits per heavy atom. The molecule has 1 heterocycles. The van der Waals surface area contributed by atoms with Crippen molar-refractivity contribution < 1.29 is 4.74 Å². The molecule has 18 heavy (non-hydrogen) atoms. The fourth-order valence-electron chi connectivity index (χ4n) is 3.65. The molecule has 1 aliphatic heterocycles. The molecule has 0 radical (unpaired) electrons. The summed E-state index contributed by atoms with van der Waals surface area (Å²) in [6.45, 7) is 7.98. The van der Waals surface area contributed by atoms with Gasteiger partial charge in [-0.1, -0.05) is 19.3 Å². The summed E-state index contributed by atoms with van der Waals surface area (Å²) in [4.78, 5) is 2.71. The first-order valence-corrected chi connectivity index (χ1v) is 7.66. The van der Waals surface area contributed by atoms with Gasteiger partial charge < -0.3 is 10.1 Å². The molecule has 0 aromatic heterocycles. The van der Waals surface area contributed by atoms with E-state index in [1.165, 1.54) is 38.6 Å². The van der Waals surface area contributed by atoms with Gasteiger partial charge in [0.2, 0.25) is 0 Å². The van der Waals surface area contributed by atoms with Crippen molar-refractivity contribution in [3.05, 3.63) is 0 Å². The lowest BCUT2D eigenvalue weighted by atomic mass is 9.79. The summed E-state index contributed by atoms with van der Waals surface area (Å²) in [6, 6.07) is 1.30. The van der Waals surface area contributed by atoms with Crippen LogP contribution in [0.5, 0.6) is 0 Å². The molecule has 2 unspecified atom stereocenters. The predicted octanol–water partition coefficient (Wildman–Crippen LogP) is 2.41. The summed E-state index contributed by atoms with van der Waals surface area (Å²) in [5, 5.41) is 3.85. The van der Waals surface area contributed by atoms with Crippen LogP contribution >= 0.6 is 0 Å². The molecule has 3 nitrogen and oxygen atoms in total. The summed E-state index contributed by atoms with van der Waals surface area (Å²) in [6.07, 6.45) is 8.12. The first-order chi connectivity index (χ1) is 8.67. The summed E-state index contributed by atoms with van der Waals surface area (Å²) in [5.41, 5.74) is 0.423. The van der Waals surface area contributed by atoms with E-state index in [0.717, 1.165) is 19.6 Å². The van der Waals surface area contributed by atoms with Crippen LogP contribution in [-0.2, 0) is 4.74 Å². The maximum atomic E-state index is 5.23. The molecule has 2 rings (SSSR count). The monoisotopic (exact) mass is 254 g/mol. The van der Waals surface area contributed by atoms with Crippen LogP contribution in [0.15, 0.2) is 0 Å². The molecular weight excluding hydrogens is 224 g/mol. The van der Waals surface area contributed by atoms with Crippen molar-refractivity contribution in [1.29, 1.82) is 0 Å². The molecule has 106 valence electrons. The Labute approximate surface area is 112 Å². The van der Waals surface area contributed by atoms with Crippen LogP contribution in [0.25, 0.3) is 0 Å². The third-order valence-corrected chi connectivity index (χ3v) is 4.94. The molecule has 1 spiro atoms. The van der Waals surface area contributed by atoms with Crippen molar-refractivity contribution in [2.45, 2.75) is 70.0 Å². The van der Waals surface area contributed by atoms with E-state index in [1.54, 1.807) is 7.11 Å². The fourth-order valence-corrected chi connectivity index (χ4v) is 3.65. The van der Waals surface area contributed by atoms with Crippen molar-refractivity contribution in [2.75, 3.05) is 26.8 Å². The maximum absolute atomic E-state index is 5.23. The van der Waals surface area contributed by atoms with Crippen LogP contribution in [0, 0.1) is 0 Å². The second-order valence-electron chi connectivity index (χ2n) is 6.37. The average molecular weight is 254 g/mol. The zero-order valence-corrected chi connectivity index (χ0v) is 12.4. The smallest absolute Gasteiger partial charge is 0.0477 e. The molecule has 0 aromatic rings. The van der Waals surface area contributed by atoms with Crippen molar-refractivity contribution in [3.63, 3.8) is 0 Å². The minimum Gasteiger partial charge on any atom is -0.385 e. The standard InChI is InChI=1S/C15H30N2O/c1-13(7-10-18-3)17-12-15(16-11-14(17)2)8-5-4-6-9-15/h13-14,16H,4-12H2,1-3H3. The first-order valence-electron chi connectivity index (χ1n) is 7.66. The fraction of sp³-hybridized carbons (Fsp3) is 1.00. The molecule has 0 aromatic carbocycles. The number of nitrogens with zero attached hydrogens (tertiary/aromatic N) is 1. The van der Waals surface area contributed by atoms with Crippen molar-refractivity contribution in [1.82, 2.24) is 10.2 Å². The van der Waals surface area contributed by atoms with Gasteiger partial charge in [-0.2, -0.15) is 0 Å². The van der Waals surface area contributed by atoms with Gasteiger partial charge in [0.05, 0.1) is 0 Å². The minimum absolute atomic E-state index is 0.423. The lowest BCUT2D eigenvalue weighted by molar-refractivity contribution is 0.0256. The van der Waals surface area contributed by atoms with Crippen LogP contribution < -0.4 is 5.32 Å². The third-order valence-electron chi connectivity index (χ3n) is 4.94. The van der Waals surface area contributed by atoms with Crippen LogP contribution in [0.1, 0.15) is 52.4 Å². The van der Waals surface area contributed by atoms with Gasteiger partial charge in [-0.15, -0.1) is 0 Å². The number of ether oxygens (including phenoxy) is 1. The quantitative estimate of drug-likeness (QED) is 0.834. The molecule has 3 heteroatoms. The van der Waals surface area contributed by atoms with Crippen molar-refractivity contribution in [3.8, 4) is 0 Å². The summed E-state index contributed by atoms with van der Waals surface area (Å²) >= 11 is 0. The number of nitrogens with one attached hydrogen (secondary N) is 1. The van der Waals surface area contributed by atoms with Gasteiger partial charge in [0.25, 0.3) is 0 Å². The highest BCUT2D eigenvalue weighted by Crippen LogP contribution is 2.32. The van der Waals surface area contributed by atoms with Crippen molar-refractivity contribution in [2.24, 2.45) is 0 Å². The van der Waals surface area contributed by atoms with Crippen LogP contribution in [0.3, 0.4) is 0 Å². The summed E-state index contributed by atoms with van der Waals surface area (Å²) < 4.78 is 5.23. The number of rotatable bonds is 4. The van der Waals surface area contributed by atoms with Crippen LogP contribution in [0.2, 0.25) is 0 Å². The Balaban J connectivity index is 1.95. The van der Waals surface area contributed by atoms with E-state index in [-0.39, 0.29) is 0 Å². The molecule has 2 aliphatic rings.